The van der Waals surface area contributed by atoms with Crippen LogP contribution >= 0.6 is 11.6 Å². The van der Waals surface area contributed by atoms with E-state index < -0.39 is 15.8 Å². The van der Waals surface area contributed by atoms with E-state index in [9.17, 15) is 17.9 Å². The Bertz CT molecular complexity index is 629. The van der Waals surface area contributed by atoms with Crippen LogP contribution < -0.4 is 4.72 Å². The normalized spacial score (nSPS) is 23.7. The molecule has 1 aliphatic rings. The lowest BCUT2D eigenvalue weighted by Gasteiger charge is -2.37. The van der Waals surface area contributed by atoms with Crippen LogP contribution in [-0.2, 0) is 10.0 Å². The van der Waals surface area contributed by atoms with Crippen molar-refractivity contribution in [3.05, 3.63) is 28.5 Å². The van der Waals surface area contributed by atoms with Crippen molar-refractivity contribution < 1.29 is 17.9 Å². The first-order valence-corrected chi connectivity index (χ1v) is 8.76. The Balaban J connectivity index is 2.23. The van der Waals surface area contributed by atoms with Gasteiger partial charge in [0.25, 0.3) is 0 Å². The van der Waals surface area contributed by atoms with Crippen LogP contribution in [0.5, 0.6) is 0 Å². The second-order valence-electron chi connectivity index (χ2n) is 5.55. The molecule has 7 heteroatoms. The Labute approximate surface area is 129 Å². The summed E-state index contributed by atoms with van der Waals surface area (Å²) in [6.45, 7) is 3.37. The molecule has 0 spiro atoms. The average molecular weight is 336 g/mol. The molecule has 0 bridgehead atoms. The Hall–Kier alpha value is -0.690. The molecule has 1 aromatic rings. The highest BCUT2D eigenvalue weighted by Gasteiger charge is 2.35. The van der Waals surface area contributed by atoms with Crippen molar-refractivity contribution in [1.82, 2.24) is 4.72 Å². The van der Waals surface area contributed by atoms with Crippen molar-refractivity contribution in [2.75, 3.05) is 0 Å². The molecule has 4 nitrogen and oxygen atoms in total. The zero-order chi connectivity index (χ0) is 15.8. The smallest absolute Gasteiger partial charge is 0.242 e. The van der Waals surface area contributed by atoms with Gasteiger partial charge in [-0.25, -0.2) is 17.5 Å². The molecule has 118 valence electrons. The molecule has 21 heavy (non-hydrogen) atoms. The number of halogens is 2. The van der Waals surface area contributed by atoms with Crippen molar-refractivity contribution in [2.24, 2.45) is 5.92 Å². The van der Waals surface area contributed by atoms with Crippen LogP contribution in [-0.4, -0.2) is 25.7 Å². The van der Waals surface area contributed by atoms with Gasteiger partial charge in [0.15, 0.2) is 0 Å². The summed E-state index contributed by atoms with van der Waals surface area (Å²) in [4.78, 5) is -0.110. The molecule has 1 saturated carbocycles. The first-order chi connectivity index (χ1) is 9.74. The lowest BCUT2D eigenvalue weighted by Crippen LogP contribution is -2.46. The first kappa shape index (κ1) is 16.7. The lowest BCUT2D eigenvalue weighted by molar-refractivity contribution is 0.0277. The highest BCUT2D eigenvalue weighted by Crippen LogP contribution is 2.33. The maximum Gasteiger partial charge on any atom is 0.242 e. The number of sulfonamides is 1. The SMILES string of the molecule is CCC(NS(=O)(=O)c1cc(C)c(F)cc1Cl)C1CC(O)C1. The van der Waals surface area contributed by atoms with Crippen LogP contribution in [0.4, 0.5) is 4.39 Å². The number of hydrogen-bond acceptors (Lipinski definition) is 3. The van der Waals surface area contributed by atoms with E-state index >= 15 is 0 Å². The maximum atomic E-state index is 13.4. The maximum absolute atomic E-state index is 13.4. The van der Waals surface area contributed by atoms with E-state index in [1.54, 1.807) is 0 Å². The van der Waals surface area contributed by atoms with Gasteiger partial charge in [-0.3, -0.25) is 0 Å². The van der Waals surface area contributed by atoms with Crippen molar-refractivity contribution in [1.29, 1.82) is 0 Å². The van der Waals surface area contributed by atoms with Gasteiger partial charge < -0.3 is 5.11 Å². The van der Waals surface area contributed by atoms with Crippen LogP contribution in [0.3, 0.4) is 0 Å². The summed E-state index contributed by atoms with van der Waals surface area (Å²) in [5.41, 5.74) is 0.229. The standard InChI is InChI=1S/C14H19ClFNO3S/c1-3-13(9-5-10(18)6-9)17-21(19,20)14-4-8(2)12(16)7-11(14)15/h4,7,9-10,13,17-18H,3,5-6H2,1-2H3. The third-order valence-electron chi connectivity index (χ3n) is 3.97. The summed E-state index contributed by atoms with van der Waals surface area (Å²) >= 11 is 5.86. The molecule has 1 fully saturated rings. The molecule has 2 rings (SSSR count). The van der Waals surface area contributed by atoms with Gasteiger partial charge in [-0.15, -0.1) is 0 Å². The lowest BCUT2D eigenvalue weighted by atomic mass is 9.77. The van der Waals surface area contributed by atoms with E-state index in [-0.39, 0.29) is 33.5 Å². The Morgan fingerprint density at radius 1 is 1.48 bits per heavy atom. The minimum absolute atomic E-state index is 0.110. The van der Waals surface area contributed by atoms with Crippen molar-refractivity contribution in [3.8, 4) is 0 Å². The zero-order valence-electron chi connectivity index (χ0n) is 11.9. The Morgan fingerprint density at radius 2 is 2.10 bits per heavy atom. The Morgan fingerprint density at radius 3 is 2.62 bits per heavy atom. The molecule has 0 saturated heterocycles. The van der Waals surface area contributed by atoms with Gasteiger partial charge in [-0.05, 0) is 49.8 Å². The first-order valence-electron chi connectivity index (χ1n) is 6.90. The second kappa shape index (κ2) is 6.20. The molecular formula is C14H19ClFNO3S. The molecule has 1 aromatic carbocycles. The van der Waals surface area contributed by atoms with Gasteiger partial charge in [-0.2, -0.15) is 0 Å². The highest BCUT2D eigenvalue weighted by atomic mass is 35.5. The number of aryl methyl sites for hydroxylation is 1. The second-order valence-corrected chi connectivity index (χ2v) is 7.64. The fraction of sp³-hybridized carbons (Fsp3) is 0.571. The molecule has 1 unspecified atom stereocenters. The predicted molar refractivity (Wildman–Crippen MR) is 79.3 cm³/mol. The quantitative estimate of drug-likeness (QED) is 0.869. The molecule has 1 atom stereocenters. The largest absolute Gasteiger partial charge is 0.393 e. The molecule has 0 aliphatic heterocycles. The third-order valence-corrected chi connectivity index (χ3v) is 5.92. The summed E-state index contributed by atoms with van der Waals surface area (Å²) in [6.07, 6.45) is 1.47. The van der Waals surface area contributed by atoms with E-state index in [0.717, 1.165) is 6.07 Å². The van der Waals surface area contributed by atoms with Gasteiger partial charge in [0.05, 0.1) is 11.1 Å². The van der Waals surface area contributed by atoms with Crippen LogP contribution in [0.15, 0.2) is 17.0 Å². The van der Waals surface area contributed by atoms with E-state index in [1.165, 1.54) is 13.0 Å². The summed E-state index contributed by atoms with van der Waals surface area (Å²) in [5, 5.41) is 9.22. The molecule has 0 heterocycles. The monoisotopic (exact) mass is 335 g/mol. The molecule has 0 radical (unpaired) electrons. The van der Waals surface area contributed by atoms with Gasteiger partial charge >= 0.3 is 0 Å². The molecule has 2 N–H and O–H groups in total. The van der Waals surface area contributed by atoms with E-state index in [0.29, 0.717) is 19.3 Å². The van der Waals surface area contributed by atoms with Crippen LogP contribution in [0.25, 0.3) is 0 Å². The van der Waals surface area contributed by atoms with Crippen LogP contribution in [0.1, 0.15) is 31.7 Å². The van der Waals surface area contributed by atoms with Gasteiger partial charge in [-0.1, -0.05) is 18.5 Å². The van der Waals surface area contributed by atoms with E-state index in [1.807, 2.05) is 6.92 Å². The average Bonchev–Trinajstić information content (AvgIpc) is 2.36. The molecule has 0 aromatic heterocycles. The van der Waals surface area contributed by atoms with Crippen molar-refractivity contribution in [2.45, 2.75) is 50.2 Å². The van der Waals surface area contributed by atoms with Crippen LogP contribution in [0.2, 0.25) is 5.02 Å². The number of hydrogen-bond donors (Lipinski definition) is 2. The number of aliphatic hydroxyl groups is 1. The zero-order valence-corrected chi connectivity index (χ0v) is 13.5. The molecule has 1 aliphatic carbocycles. The predicted octanol–water partition coefficient (Wildman–Crippen LogP) is 2.62. The minimum atomic E-state index is -3.81. The topological polar surface area (TPSA) is 66.4 Å². The highest BCUT2D eigenvalue weighted by molar-refractivity contribution is 7.89. The summed E-state index contributed by atoms with van der Waals surface area (Å²) < 4.78 is 40.9. The summed E-state index contributed by atoms with van der Waals surface area (Å²) in [7, 11) is -3.81. The van der Waals surface area contributed by atoms with Crippen molar-refractivity contribution >= 4 is 21.6 Å². The number of rotatable bonds is 5. The molecule has 0 amide bonds. The van der Waals surface area contributed by atoms with Gasteiger partial charge in [0.2, 0.25) is 10.0 Å². The fourth-order valence-corrected chi connectivity index (χ4v) is 4.56. The minimum Gasteiger partial charge on any atom is -0.393 e. The van der Waals surface area contributed by atoms with Crippen molar-refractivity contribution in [3.63, 3.8) is 0 Å². The van der Waals surface area contributed by atoms with E-state index in [2.05, 4.69) is 4.72 Å². The summed E-state index contributed by atoms with van der Waals surface area (Å²) in [5.74, 6) is -0.409. The summed E-state index contributed by atoms with van der Waals surface area (Å²) in [6, 6.07) is 2.00. The Kier molecular flexibility index (Phi) is 4.92. The number of nitrogens with one attached hydrogen (secondary N) is 1. The number of benzene rings is 1. The number of aliphatic hydroxyl groups excluding tert-OH is 1. The van der Waals surface area contributed by atoms with Gasteiger partial charge in [0.1, 0.15) is 10.7 Å². The van der Waals surface area contributed by atoms with E-state index in [4.69, 9.17) is 11.6 Å². The third kappa shape index (κ3) is 3.56. The van der Waals surface area contributed by atoms with Gasteiger partial charge in [0, 0.05) is 6.04 Å². The van der Waals surface area contributed by atoms with Crippen LogP contribution in [0, 0.1) is 18.7 Å². The fourth-order valence-electron chi connectivity index (χ4n) is 2.57. The molecular weight excluding hydrogens is 317 g/mol.